The summed E-state index contributed by atoms with van der Waals surface area (Å²) in [6, 6.07) is 0. The number of rotatable bonds is 2. The number of nitrogens with one attached hydrogen (secondary N) is 1. The molecule has 1 rings (SSSR count). The number of hydrogen-bond donors (Lipinski definition) is 2. The molecule has 4 heteroatoms. The summed E-state index contributed by atoms with van der Waals surface area (Å²) in [6.45, 7) is 7.28. The van der Waals surface area contributed by atoms with Gasteiger partial charge in [0.05, 0.1) is 0 Å². The minimum absolute atomic E-state index is 0.270. The van der Waals surface area contributed by atoms with Gasteiger partial charge in [-0.1, -0.05) is 6.92 Å². The first kappa shape index (κ1) is 12.4. The van der Waals surface area contributed by atoms with Gasteiger partial charge in [-0.25, -0.2) is 4.39 Å². The molecule has 0 radical (unpaired) electrons. The first-order chi connectivity index (χ1) is 6.64. The maximum Gasteiger partial charge on any atom is 0.249 e. The van der Waals surface area contributed by atoms with Gasteiger partial charge in [0.1, 0.15) is 12.3 Å². The number of halogens is 1. The van der Waals surface area contributed by atoms with E-state index < -0.39 is 23.6 Å². The normalized spacial score (nSPS) is 33.1. The van der Waals surface area contributed by atoms with Crippen molar-refractivity contribution in [3.8, 4) is 0 Å². The average molecular weight is 217 g/mol. The minimum atomic E-state index is -1.11. The van der Waals surface area contributed by atoms with Crippen LogP contribution in [0.4, 0.5) is 4.39 Å². The van der Waals surface area contributed by atoms with E-state index in [1.165, 1.54) is 0 Å². The smallest absolute Gasteiger partial charge is 0.249 e. The molecular weight excluding hydrogens is 197 g/mol. The second-order valence-electron chi connectivity index (χ2n) is 5.80. The standard InChI is InChI=1S/C11H20FNO2/c1-10(2,3)13-9(15)8(14)11(4)5-7(12)6-11/h7-8,14H,5-6H2,1-4H3,(H,13,15). The number of carbonyl (C=O) groups is 1. The molecule has 15 heavy (non-hydrogen) atoms. The summed E-state index contributed by atoms with van der Waals surface area (Å²) in [5.41, 5.74) is -0.956. The van der Waals surface area contributed by atoms with Crippen LogP contribution in [0.25, 0.3) is 0 Å². The fourth-order valence-corrected chi connectivity index (χ4v) is 1.93. The van der Waals surface area contributed by atoms with E-state index in [2.05, 4.69) is 5.32 Å². The lowest BCUT2D eigenvalue weighted by Gasteiger charge is -2.44. The Kier molecular flexibility index (Phi) is 3.10. The van der Waals surface area contributed by atoms with E-state index in [-0.39, 0.29) is 18.4 Å². The molecule has 1 aliphatic carbocycles. The molecule has 1 saturated carbocycles. The van der Waals surface area contributed by atoms with Crippen molar-refractivity contribution in [1.29, 1.82) is 0 Å². The van der Waals surface area contributed by atoms with Gasteiger partial charge in [0, 0.05) is 11.0 Å². The molecule has 0 heterocycles. The maximum atomic E-state index is 12.7. The Morgan fingerprint density at radius 2 is 2.00 bits per heavy atom. The Labute approximate surface area is 90.1 Å². The lowest BCUT2D eigenvalue weighted by Crippen LogP contribution is -2.55. The lowest BCUT2D eigenvalue weighted by atomic mass is 9.65. The Bertz CT molecular complexity index is 254. The fraction of sp³-hybridized carbons (Fsp3) is 0.909. The lowest BCUT2D eigenvalue weighted by molar-refractivity contribution is -0.146. The van der Waals surface area contributed by atoms with E-state index >= 15 is 0 Å². The molecule has 0 aromatic heterocycles. The van der Waals surface area contributed by atoms with Gasteiger partial charge in [0.25, 0.3) is 0 Å². The van der Waals surface area contributed by atoms with Crippen molar-refractivity contribution in [3.63, 3.8) is 0 Å². The molecule has 1 amide bonds. The molecule has 1 aliphatic rings. The first-order valence-electron chi connectivity index (χ1n) is 5.28. The summed E-state index contributed by atoms with van der Waals surface area (Å²) in [4.78, 5) is 11.6. The van der Waals surface area contributed by atoms with Crippen molar-refractivity contribution < 1.29 is 14.3 Å². The second kappa shape index (κ2) is 3.74. The van der Waals surface area contributed by atoms with Crippen LogP contribution in [-0.2, 0) is 4.79 Å². The molecule has 0 bridgehead atoms. The van der Waals surface area contributed by atoms with Gasteiger partial charge in [-0.15, -0.1) is 0 Å². The second-order valence-corrected chi connectivity index (χ2v) is 5.80. The van der Waals surface area contributed by atoms with Gasteiger partial charge in [-0.05, 0) is 33.6 Å². The molecule has 1 fully saturated rings. The van der Waals surface area contributed by atoms with Crippen molar-refractivity contribution in [2.75, 3.05) is 0 Å². The van der Waals surface area contributed by atoms with Gasteiger partial charge in [0.2, 0.25) is 5.91 Å². The van der Waals surface area contributed by atoms with Crippen molar-refractivity contribution in [1.82, 2.24) is 5.32 Å². The quantitative estimate of drug-likeness (QED) is 0.734. The Morgan fingerprint density at radius 1 is 1.53 bits per heavy atom. The van der Waals surface area contributed by atoms with E-state index in [4.69, 9.17) is 0 Å². The number of carbonyl (C=O) groups excluding carboxylic acids is 1. The Morgan fingerprint density at radius 3 is 2.33 bits per heavy atom. The van der Waals surface area contributed by atoms with Crippen LogP contribution in [0.2, 0.25) is 0 Å². The van der Waals surface area contributed by atoms with Gasteiger partial charge in [-0.2, -0.15) is 0 Å². The van der Waals surface area contributed by atoms with Crippen LogP contribution in [-0.4, -0.2) is 28.8 Å². The predicted molar refractivity (Wildman–Crippen MR) is 56.1 cm³/mol. The molecule has 0 spiro atoms. The van der Waals surface area contributed by atoms with Crippen LogP contribution in [0.1, 0.15) is 40.5 Å². The van der Waals surface area contributed by atoms with Gasteiger partial charge in [0.15, 0.2) is 0 Å². The summed E-state index contributed by atoms with van der Waals surface area (Å²) in [6.07, 6.45) is -1.44. The first-order valence-corrected chi connectivity index (χ1v) is 5.28. The van der Waals surface area contributed by atoms with Gasteiger partial charge in [-0.3, -0.25) is 4.79 Å². The molecule has 0 aromatic rings. The Balaban J connectivity index is 2.54. The van der Waals surface area contributed by atoms with E-state index in [0.29, 0.717) is 0 Å². The highest BCUT2D eigenvalue weighted by molar-refractivity contribution is 5.82. The summed E-state index contributed by atoms with van der Waals surface area (Å²) in [7, 11) is 0. The van der Waals surface area contributed by atoms with Crippen LogP contribution in [0.5, 0.6) is 0 Å². The zero-order chi connectivity index (χ0) is 11.9. The third kappa shape index (κ3) is 2.91. The van der Waals surface area contributed by atoms with Crippen LogP contribution < -0.4 is 5.32 Å². The number of hydrogen-bond acceptors (Lipinski definition) is 2. The van der Waals surface area contributed by atoms with Crippen molar-refractivity contribution >= 4 is 5.91 Å². The Hall–Kier alpha value is -0.640. The summed E-state index contributed by atoms with van der Waals surface area (Å²) < 4.78 is 12.7. The monoisotopic (exact) mass is 217 g/mol. The summed E-state index contributed by atoms with van der Waals surface area (Å²) in [5.74, 6) is -0.406. The number of alkyl halides is 1. The minimum Gasteiger partial charge on any atom is -0.383 e. The molecule has 1 atom stereocenters. The van der Waals surface area contributed by atoms with Gasteiger partial charge < -0.3 is 10.4 Å². The molecule has 3 nitrogen and oxygen atoms in total. The van der Waals surface area contributed by atoms with Crippen molar-refractivity contribution in [2.45, 2.75) is 58.4 Å². The summed E-state index contributed by atoms with van der Waals surface area (Å²) >= 11 is 0. The maximum absolute atomic E-state index is 12.7. The molecule has 0 saturated heterocycles. The molecular formula is C11H20FNO2. The zero-order valence-electron chi connectivity index (χ0n) is 9.80. The van der Waals surface area contributed by atoms with Crippen LogP contribution in [0, 0.1) is 5.41 Å². The zero-order valence-corrected chi connectivity index (χ0v) is 9.80. The number of aliphatic hydroxyl groups is 1. The van der Waals surface area contributed by atoms with E-state index in [9.17, 15) is 14.3 Å². The number of aliphatic hydroxyl groups excluding tert-OH is 1. The van der Waals surface area contributed by atoms with Crippen LogP contribution in [0.15, 0.2) is 0 Å². The van der Waals surface area contributed by atoms with E-state index in [1.54, 1.807) is 6.92 Å². The van der Waals surface area contributed by atoms with Crippen molar-refractivity contribution in [3.05, 3.63) is 0 Å². The van der Waals surface area contributed by atoms with Crippen molar-refractivity contribution in [2.24, 2.45) is 5.41 Å². The topological polar surface area (TPSA) is 49.3 Å². The largest absolute Gasteiger partial charge is 0.383 e. The molecule has 88 valence electrons. The highest BCUT2D eigenvalue weighted by atomic mass is 19.1. The van der Waals surface area contributed by atoms with E-state index in [0.717, 1.165) is 0 Å². The molecule has 1 unspecified atom stereocenters. The summed E-state index contributed by atoms with van der Waals surface area (Å²) in [5, 5.41) is 12.5. The van der Waals surface area contributed by atoms with E-state index in [1.807, 2.05) is 20.8 Å². The van der Waals surface area contributed by atoms with Crippen LogP contribution in [0.3, 0.4) is 0 Å². The highest BCUT2D eigenvalue weighted by Gasteiger charge is 2.49. The van der Waals surface area contributed by atoms with Crippen LogP contribution >= 0.6 is 0 Å². The highest BCUT2D eigenvalue weighted by Crippen LogP contribution is 2.45. The molecule has 2 N–H and O–H groups in total. The fourth-order valence-electron chi connectivity index (χ4n) is 1.93. The predicted octanol–water partition coefficient (Wildman–Crippen LogP) is 1.40. The van der Waals surface area contributed by atoms with Gasteiger partial charge >= 0.3 is 0 Å². The average Bonchev–Trinajstić information content (AvgIpc) is 1.97. The number of amides is 1. The SMILES string of the molecule is CC(C)(C)NC(=O)C(O)C1(C)CC(F)C1. The third-order valence-electron chi connectivity index (χ3n) is 2.78. The molecule has 0 aliphatic heterocycles. The third-order valence-corrected chi connectivity index (χ3v) is 2.78. The molecule has 0 aromatic carbocycles.